The smallest absolute Gasteiger partial charge is 0.305 e. The van der Waals surface area contributed by atoms with Gasteiger partial charge in [-0.3, -0.25) is 14.4 Å². The zero-order valence-corrected chi connectivity index (χ0v) is 10.2. The van der Waals surface area contributed by atoms with Crippen LogP contribution in [0.1, 0.15) is 38.5 Å². The van der Waals surface area contributed by atoms with Crippen LogP contribution in [0.25, 0.3) is 0 Å². The first-order chi connectivity index (χ1) is 8.58. The molecule has 2 rings (SSSR count). The molecule has 100 valence electrons. The second-order valence-electron chi connectivity index (χ2n) is 4.94. The number of likely N-dealkylation sites (tertiary alicyclic amines) is 1. The lowest BCUT2D eigenvalue weighted by molar-refractivity contribution is -0.143. The highest BCUT2D eigenvalue weighted by atomic mass is 16.4. The van der Waals surface area contributed by atoms with Gasteiger partial charge in [-0.25, -0.2) is 0 Å². The van der Waals surface area contributed by atoms with Gasteiger partial charge in [0.15, 0.2) is 0 Å². The van der Waals surface area contributed by atoms with Crippen LogP contribution < -0.4 is 5.32 Å². The topological polar surface area (TPSA) is 86.7 Å². The molecule has 2 aliphatic heterocycles. The van der Waals surface area contributed by atoms with E-state index in [1.54, 1.807) is 4.90 Å². The Kier molecular flexibility index (Phi) is 3.84. The molecule has 6 heteroatoms. The van der Waals surface area contributed by atoms with Gasteiger partial charge in [0.1, 0.15) is 6.04 Å². The van der Waals surface area contributed by atoms with E-state index < -0.39 is 12.0 Å². The number of hydrogen-bond donors (Lipinski definition) is 2. The van der Waals surface area contributed by atoms with E-state index in [-0.39, 0.29) is 24.3 Å². The number of nitrogens with zero attached hydrogens (tertiary/aromatic N) is 1. The minimum atomic E-state index is -0.879. The molecular formula is C12H18N2O4. The van der Waals surface area contributed by atoms with Crippen molar-refractivity contribution >= 4 is 17.8 Å². The van der Waals surface area contributed by atoms with Gasteiger partial charge in [0, 0.05) is 19.0 Å². The fraction of sp³-hybridized carbons (Fsp3) is 0.750. The summed E-state index contributed by atoms with van der Waals surface area (Å²) in [5, 5.41) is 11.5. The normalized spacial score (nSPS) is 28.0. The second-order valence-corrected chi connectivity index (χ2v) is 4.94. The molecule has 2 N–H and O–H groups in total. The lowest BCUT2D eigenvalue weighted by Gasteiger charge is -2.36. The fourth-order valence-electron chi connectivity index (χ4n) is 2.70. The first-order valence-electron chi connectivity index (χ1n) is 6.39. The van der Waals surface area contributed by atoms with E-state index >= 15 is 0 Å². The lowest BCUT2D eigenvalue weighted by Crippen LogP contribution is -2.51. The van der Waals surface area contributed by atoms with Crippen molar-refractivity contribution in [3.8, 4) is 0 Å². The maximum Gasteiger partial charge on any atom is 0.305 e. The standard InChI is InChI=1S/C12H18N2O4/c15-10-5-4-9(13-10)12(18)14-6-2-1-3-8(14)7-11(16)17/h8-9H,1-7H2,(H,13,15)(H,16,17)/t8?,9-/m1/s1. The summed E-state index contributed by atoms with van der Waals surface area (Å²) in [6, 6.07) is -0.673. The monoisotopic (exact) mass is 254 g/mol. The Morgan fingerprint density at radius 1 is 1.33 bits per heavy atom. The fourth-order valence-corrected chi connectivity index (χ4v) is 2.70. The Bertz CT molecular complexity index is 369. The van der Waals surface area contributed by atoms with E-state index in [0.29, 0.717) is 19.4 Å². The summed E-state index contributed by atoms with van der Waals surface area (Å²) >= 11 is 0. The van der Waals surface area contributed by atoms with Crippen LogP contribution in [0.4, 0.5) is 0 Å². The number of carboxylic acid groups (broad SMARTS) is 1. The van der Waals surface area contributed by atoms with Gasteiger partial charge in [0.25, 0.3) is 0 Å². The summed E-state index contributed by atoms with van der Waals surface area (Å²) in [4.78, 5) is 35.8. The minimum absolute atomic E-state index is 0.00753. The Morgan fingerprint density at radius 2 is 2.11 bits per heavy atom. The number of carbonyl (C=O) groups excluding carboxylic acids is 2. The molecule has 0 spiro atoms. The van der Waals surface area contributed by atoms with Gasteiger partial charge in [-0.15, -0.1) is 0 Å². The van der Waals surface area contributed by atoms with E-state index in [4.69, 9.17) is 5.11 Å². The number of amides is 2. The second kappa shape index (κ2) is 5.37. The highest BCUT2D eigenvalue weighted by molar-refractivity contribution is 5.91. The van der Waals surface area contributed by atoms with Crippen LogP contribution in [0.2, 0.25) is 0 Å². The summed E-state index contributed by atoms with van der Waals surface area (Å²) in [7, 11) is 0. The Morgan fingerprint density at radius 3 is 2.72 bits per heavy atom. The van der Waals surface area contributed by atoms with Gasteiger partial charge in [0.05, 0.1) is 6.42 Å². The third-order valence-corrected chi connectivity index (χ3v) is 3.61. The average molecular weight is 254 g/mol. The van der Waals surface area contributed by atoms with Crippen LogP contribution in [0, 0.1) is 0 Å². The molecule has 1 unspecified atom stereocenters. The van der Waals surface area contributed by atoms with Gasteiger partial charge < -0.3 is 15.3 Å². The molecule has 0 aromatic carbocycles. The SMILES string of the molecule is O=C(O)CC1CCCCN1C(=O)[C@H]1CCC(=O)N1. The highest BCUT2D eigenvalue weighted by Crippen LogP contribution is 2.22. The first kappa shape index (κ1) is 12.9. The zero-order chi connectivity index (χ0) is 13.1. The molecule has 2 aliphatic rings. The third-order valence-electron chi connectivity index (χ3n) is 3.61. The van der Waals surface area contributed by atoms with Gasteiger partial charge >= 0.3 is 5.97 Å². The molecule has 2 amide bonds. The van der Waals surface area contributed by atoms with Crippen LogP contribution in [0.15, 0.2) is 0 Å². The molecule has 0 radical (unpaired) electrons. The van der Waals surface area contributed by atoms with Crippen molar-refractivity contribution < 1.29 is 19.5 Å². The minimum Gasteiger partial charge on any atom is -0.481 e. The first-order valence-corrected chi connectivity index (χ1v) is 6.39. The molecule has 0 aromatic heterocycles. The summed E-state index contributed by atoms with van der Waals surface area (Å²) in [6.07, 6.45) is 3.49. The molecule has 2 heterocycles. The summed E-state index contributed by atoms with van der Waals surface area (Å²) < 4.78 is 0. The van der Waals surface area contributed by atoms with Crippen molar-refractivity contribution in [1.29, 1.82) is 0 Å². The van der Waals surface area contributed by atoms with Crippen LogP contribution >= 0.6 is 0 Å². The Labute approximate surface area is 105 Å². The van der Waals surface area contributed by atoms with Crippen molar-refractivity contribution in [2.75, 3.05) is 6.54 Å². The predicted molar refractivity (Wildman–Crippen MR) is 62.8 cm³/mol. The van der Waals surface area contributed by atoms with Gasteiger partial charge in [0.2, 0.25) is 11.8 Å². The predicted octanol–water partition coefficient (Wildman–Crippen LogP) is 0.121. The molecule has 0 saturated carbocycles. The highest BCUT2D eigenvalue weighted by Gasteiger charge is 2.35. The van der Waals surface area contributed by atoms with E-state index in [1.165, 1.54) is 0 Å². The Hall–Kier alpha value is -1.59. The molecule has 0 bridgehead atoms. The number of nitrogens with one attached hydrogen (secondary N) is 1. The van der Waals surface area contributed by atoms with E-state index in [0.717, 1.165) is 19.3 Å². The van der Waals surface area contributed by atoms with Crippen LogP contribution in [0.5, 0.6) is 0 Å². The maximum atomic E-state index is 12.3. The molecule has 2 atom stereocenters. The quantitative estimate of drug-likeness (QED) is 0.749. The van der Waals surface area contributed by atoms with Crippen LogP contribution in [-0.2, 0) is 14.4 Å². The van der Waals surface area contributed by atoms with Crippen molar-refractivity contribution in [3.05, 3.63) is 0 Å². The molecule has 2 saturated heterocycles. The summed E-state index contributed by atoms with van der Waals surface area (Å²) in [5.74, 6) is -1.10. The van der Waals surface area contributed by atoms with Gasteiger partial charge in [-0.1, -0.05) is 0 Å². The van der Waals surface area contributed by atoms with Crippen LogP contribution in [0.3, 0.4) is 0 Å². The lowest BCUT2D eigenvalue weighted by atomic mass is 9.98. The number of piperidine rings is 1. The summed E-state index contributed by atoms with van der Waals surface area (Å²) in [5.41, 5.74) is 0. The zero-order valence-electron chi connectivity index (χ0n) is 10.2. The van der Waals surface area contributed by atoms with Crippen molar-refractivity contribution in [3.63, 3.8) is 0 Å². The van der Waals surface area contributed by atoms with E-state index in [2.05, 4.69) is 5.32 Å². The molecule has 2 fully saturated rings. The molecule has 18 heavy (non-hydrogen) atoms. The van der Waals surface area contributed by atoms with Crippen molar-refractivity contribution in [1.82, 2.24) is 10.2 Å². The largest absolute Gasteiger partial charge is 0.481 e. The number of hydrogen-bond acceptors (Lipinski definition) is 3. The van der Waals surface area contributed by atoms with E-state index in [9.17, 15) is 14.4 Å². The van der Waals surface area contributed by atoms with Crippen molar-refractivity contribution in [2.24, 2.45) is 0 Å². The average Bonchev–Trinajstić information content (AvgIpc) is 2.75. The Balaban J connectivity index is 2.01. The molecule has 0 aliphatic carbocycles. The molecular weight excluding hydrogens is 236 g/mol. The maximum absolute atomic E-state index is 12.3. The number of carbonyl (C=O) groups is 3. The molecule has 6 nitrogen and oxygen atoms in total. The number of carboxylic acids is 1. The van der Waals surface area contributed by atoms with Gasteiger partial charge in [-0.05, 0) is 25.7 Å². The number of aliphatic carboxylic acids is 1. The number of rotatable bonds is 3. The van der Waals surface area contributed by atoms with Crippen molar-refractivity contribution in [2.45, 2.75) is 50.6 Å². The van der Waals surface area contributed by atoms with Gasteiger partial charge in [-0.2, -0.15) is 0 Å². The molecule has 0 aromatic rings. The summed E-state index contributed by atoms with van der Waals surface area (Å²) in [6.45, 7) is 0.600. The van der Waals surface area contributed by atoms with Crippen LogP contribution in [-0.4, -0.2) is 46.4 Å². The van der Waals surface area contributed by atoms with E-state index in [1.807, 2.05) is 0 Å². The third kappa shape index (κ3) is 2.80.